The highest BCUT2D eigenvalue weighted by Gasteiger charge is 2.05. The van der Waals surface area contributed by atoms with Crippen molar-refractivity contribution < 1.29 is 0 Å². The summed E-state index contributed by atoms with van der Waals surface area (Å²) in [6, 6.07) is 10.1. The largest absolute Gasteiger partial charge is 0.305 e. The first-order valence-corrected chi connectivity index (χ1v) is 6.30. The van der Waals surface area contributed by atoms with Gasteiger partial charge in [-0.15, -0.1) is 0 Å². The minimum Gasteiger partial charge on any atom is -0.305 e. The third-order valence-electron chi connectivity index (χ3n) is 2.79. The highest BCUT2D eigenvalue weighted by Crippen LogP contribution is 2.16. The molecule has 18 heavy (non-hydrogen) atoms. The number of aryl methyl sites for hydroxylation is 1. The van der Waals surface area contributed by atoms with Crippen molar-refractivity contribution in [3.63, 3.8) is 0 Å². The Morgan fingerprint density at radius 3 is 2.61 bits per heavy atom. The van der Waals surface area contributed by atoms with E-state index < -0.39 is 0 Å². The Labute approximate surface area is 112 Å². The van der Waals surface area contributed by atoms with Crippen LogP contribution < -0.4 is 5.32 Å². The number of aromatic nitrogens is 2. The molecule has 1 atom stereocenters. The Bertz CT molecular complexity index is 511. The van der Waals surface area contributed by atoms with E-state index in [1.807, 2.05) is 37.3 Å². The van der Waals surface area contributed by atoms with E-state index in [2.05, 4.69) is 22.2 Å². The standard InChI is InChI=1S/C14H16ClN3/c1-10(12-3-5-13(15)6-4-12)17-9-14-7-8-16-11(2)18-14/h3-8,10,17H,9H2,1-2H3/t10-/m0/s1. The van der Waals surface area contributed by atoms with Crippen LogP contribution in [0.1, 0.15) is 30.0 Å². The minimum absolute atomic E-state index is 0.262. The molecule has 0 unspecified atom stereocenters. The van der Waals surface area contributed by atoms with Crippen LogP contribution in [-0.4, -0.2) is 9.97 Å². The third-order valence-corrected chi connectivity index (χ3v) is 3.05. The summed E-state index contributed by atoms with van der Waals surface area (Å²) >= 11 is 5.87. The van der Waals surface area contributed by atoms with Crippen LogP contribution in [0.5, 0.6) is 0 Å². The number of nitrogens with zero attached hydrogens (tertiary/aromatic N) is 2. The maximum atomic E-state index is 5.87. The van der Waals surface area contributed by atoms with Gasteiger partial charge in [-0.25, -0.2) is 9.97 Å². The van der Waals surface area contributed by atoms with Crippen LogP contribution >= 0.6 is 11.6 Å². The molecule has 0 bridgehead atoms. The molecule has 1 aromatic carbocycles. The molecule has 1 N–H and O–H groups in total. The van der Waals surface area contributed by atoms with Gasteiger partial charge in [-0.05, 0) is 37.6 Å². The zero-order chi connectivity index (χ0) is 13.0. The molecule has 0 saturated carbocycles. The van der Waals surface area contributed by atoms with Crippen molar-refractivity contribution in [3.05, 3.63) is 58.6 Å². The Morgan fingerprint density at radius 2 is 1.94 bits per heavy atom. The molecule has 0 amide bonds. The van der Waals surface area contributed by atoms with Crippen LogP contribution in [0.4, 0.5) is 0 Å². The van der Waals surface area contributed by atoms with Gasteiger partial charge in [0.25, 0.3) is 0 Å². The summed E-state index contributed by atoms with van der Waals surface area (Å²) in [6.45, 7) is 4.75. The number of nitrogens with one attached hydrogen (secondary N) is 1. The molecule has 0 aliphatic rings. The van der Waals surface area contributed by atoms with Crippen LogP contribution in [0.2, 0.25) is 5.02 Å². The molecule has 0 spiro atoms. The molecule has 0 aliphatic carbocycles. The lowest BCUT2D eigenvalue weighted by atomic mass is 10.1. The van der Waals surface area contributed by atoms with Gasteiger partial charge in [0.1, 0.15) is 5.82 Å². The smallest absolute Gasteiger partial charge is 0.125 e. The monoisotopic (exact) mass is 261 g/mol. The maximum absolute atomic E-state index is 5.87. The van der Waals surface area contributed by atoms with Crippen molar-refractivity contribution in [2.75, 3.05) is 0 Å². The molecule has 0 radical (unpaired) electrons. The third kappa shape index (κ3) is 3.52. The van der Waals surface area contributed by atoms with Gasteiger partial charge >= 0.3 is 0 Å². The van der Waals surface area contributed by atoms with Crippen LogP contribution in [0, 0.1) is 6.92 Å². The van der Waals surface area contributed by atoms with Gasteiger partial charge < -0.3 is 5.32 Å². The van der Waals surface area contributed by atoms with Crippen molar-refractivity contribution in [2.45, 2.75) is 26.4 Å². The lowest BCUT2D eigenvalue weighted by Gasteiger charge is -2.14. The Morgan fingerprint density at radius 1 is 1.22 bits per heavy atom. The summed E-state index contributed by atoms with van der Waals surface area (Å²) in [7, 11) is 0. The lowest BCUT2D eigenvalue weighted by molar-refractivity contribution is 0.566. The average molecular weight is 262 g/mol. The second kappa shape index (κ2) is 5.94. The zero-order valence-electron chi connectivity index (χ0n) is 10.5. The second-order valence-corrected chi connectivity index (χ2v) is 4.69. The summed E-state index contributed by atoms with van der Waals surface area (Å²) in [5.74, 6) is 0.799. The van der Waals surface area contributed by atoms with Crippen LogP contribution in [0.25, 0.3) is 0 Å². The molecule has 3 nitrogen and oxygen atoms in total. The van der Waals surface area contributed by atoms with Crippen LogP contribution in [0.15, 0.2) is 36.5 Å². The Kier molecular flexibility index (Phi) is 4.28. The van der Waals surface area contributed by atoms with E-state index in [0.717, 1.165) is 23.1 Å². The number of rotatable bonds is 4. The van der Waals surface area contributed by atoms with Gasteiger partial charge in [-0.3, -0.25) is 0 Å². The van der Waals surface area contributed by atoms with Gasteiger partial charge in [0.2, 0.25) is 0 Å². The molecule has 2 rings (SSSR count). The van der Waals surface area contributed by atoms with Crippen molar-refractivity contribution >= 4 is 11.6 Å². The van der Waals surface area contributed by atoms with Crippen LogP contribution in [0.3, 0.4) is 0 Å². The second-order valence-electron chi connectivity index (χ2n) is 4.25. The number of halogens is 1. The van der Waals surface area contributed by atoms with E-state index in [0.29, 0.717) is 0 Å². The molecule has 0 aliphatic heterocycles. The lowest BCUT2D eigenvalue weighted by Crippen LogP contribution is -2.19. The van der Waals surface area contributed by atoms with E-state index in [4.69, 9.17) is 11.6 Å². The molecule has 0 saturated heterocycles. The molecule has 1 aromatic heterocycles. The van der Waals surface area contributed by atoms with Crippen molar-refractivity contribution in [3.8, 4) is 0 Å². The number of benzene rings is 1. The SMILES string of the molecule is Cc1nccc(CN[C@@H](C)c2ccc(Cl)cc2)n1. The first-order chi connectivity index (χ1) is 8.65. The fourth-order valence-corrected chi connectivity index (χ4v) is 1.86. The van der Waals surface area contributed by atoms with Gasteiger partial charge in [0.05, 0.1) is 5.69 Å². The normalized spacial score (nSPS) is 12.4. The summed E-state index contributed by atoms with van der Waals surface area (Å²) < 4.78 is 0. The van der Waals surface area contributed by atoms with E-state index in [1.165, 1.54) is 5.56 Å². The van der Waals surface area contributed by atoms with Gasteiger partial charge in [0.15, 0.2) is 0 Å². The molecule has 1 heterocycles. The first kappa shape index (κ1) is 13.0. The molecule has 2 aromatic rings. The van der Waals surface area contributed by atoms with Crippen molar-refractivity contribution in [2.24, 2.45) is 0 Å². The Balaban J connectivity index is 1.96. The van der Waals surface area contributed by atoms with E-state index in [-0.39, 0.29) is 6.04 Å². The predicted octanol–water partition coefficient (Wildman–Crippen LogP) is 3.29. The summed E-state index contributed by atoms with van der Waals surface area (Å²) in [6.07, 6.45) is 1.78. The molecule has 0 fully saturated rings. The van der Waals surface area contributed by atoms with Gasteiger partial charge in [0, 0.05) is 23.8 Å². The van der Waals surface area contributed by atoms with E-state index in [1.54, 1.807) is 6.20 Å². The Hall–Kier alpha value is -1.45. The van der Waals surface area contributed by atoms with Crippen molar-refractivity contribution in [1.29, 1.82) is 0 Å². The van der Waals surface area contributed by atoms with Gasteiger partial charge in [-0.2, -0.15) is 0 Å². The fourth-order valence-electron chi connectivity index (χ4n) is 1.73. The molecule has 4 heteroatoms. The van der Waals surface area contributed by atoms with Crippen LogP contribution in [-0.2, 0) is 6.54 Å². The average Bonchev–Trinajstić information content (AvgIpc) is 2.37. The van der Waals surface area contributed by atoms with E-state index in [9.17, 15) is 0 Å². The number of hydrogen-bond donors (Lipinski definition) is 1. The predicted molar refractivity (Wildman–Crippen MR) is 73.5 cm³/mol. The summed E-state index contributed by atoms with van der Waals surface area (Å²) in [5.41, 5.74) is 2.22. The first-order valence-electron chi connectivity index (χ1n) is 5.92. The van der Waals surface area contributed by atoms with Gasteiger partial charge in [-0.1, -0.05) is 23.7 Å². The van der Waals surface area contributed by atoms with E-state index >= 15 is 0 Å². The topological polar surface area (TPSA) is 37.8 Å². The van der Waals surface area contributed by atoms with Crippen molar-refractivity contribution in [1.82, 2.24) is 15.3 Å². The quantitative estimate of drug-likeness (QED) is 0.918. The summed E-state index contributed by atoms with van der Waals surface area (Å²) in [4.78, 5) is 8.44. The molecular formula is C14H16ClN3. The summed E-state index contributed by atoms with van der Waals surface area (Å²) in [5, 5.41) is 4.19. The number of hydrogen-bond acceptors (Lipinski definition) is 3. The zero-order valence-corrected chi connectivity index (χ0v) is 11.3. The molecular weight excluding hydrogens is 246 g/mol. The molecule has 94 valence electrons. The fraction of sp³-hybridized carbons (Fsp3) is 0.286. The minimum atomic E-state index is 0.262. The maximum Gasteiger partial charge on any atom is 0.125 e. The highest BCUT2D eigenvalue weighted by molar-refractivity contribution is 6.30. The highest BCUT2D eigenvalue weighted by atomic mass is 35.5.